The lowest BCUT2D eigenvalue weighted by Gasteiger charge is -2.38. The van der Waals surface area contributed by atoms with Gasteiger partial charge in [0.25, 0.3) is 5.91 Å². The SMILES string of the molecule is CN1CCCC2(CCN(C(=O)c3cn(C)c4ccccc34)C2)C1. The molecule has 1 atom stereocenters. The van der Waals surface area contributed by atoms with Crippen LogP contribution in [0.1, 0.15) is 29.6 Å². The van der Waals surface area contributed by atoms with Gasteiger partial charge in [0.1, 0.15) is 0 Å². The number of hydrogen-bond donors (Lipinski definition) is 0. The maximum absolute atomic E-state index is 13.1. The Labute approximate surface area is 137 Å². The van der Waals surface area contributed by atoms with Gasteiger partial charge in [0, 0.05) is 49.2 Å². The summed E-state index contributed by atoms with van der Waals surface area (Å²) in [6.45, 7) is 4.14. The van der Waals surface area contributed by atoms with Crippen LogP contribution in [0.4, 0.5) is 0 Å². The average Bonchev–Trinajstić information content (AvgIpc) is 3.09. The molecule has 2 saturated heterocycles. The molecule has 122 valence electrons. The zero-order valence-electron chi connectivity index (χ0n) is 14.1. The number of carbonyl (C=O) groups excluding carboxylic acids is 1. The highest BCUT2D eigenvalue weighted by Gasteiger charge is 2.42. The summed E-state index contributed by atoms with van der Waals surface area (Å²) in [4.78, 5) is 17.6. The van der Waals surface area contributed by atoms with Crippen LogP contribution in [0, 0.1) is 5.41 Å². The Balaban J connectivity index is 1.60. The molecule has 0 N–H and O–H groups in total. The van der Waals surface area contributed by atoms with E-state index in [9.17, 15) is 4.79 Å². The Morgan fingerprint density at radius 2 is 1.91 bits per heavy atom. The molecule has 2 aliphatic heterocycles. The van der Waals surface area contributed by atoms with Crippen molar-refractivity contribution in [2.24, 2.45) is 12.5 Å². The second-order valence-electron chi connectivity index (χ2n) is 7.49. The summed E-state index contributed by atoms with van der Waals surface area (Å²) in [5.74, 6) is 0.201. The van der Waals surface area contributed by atoms with Gasteiger partial charge in [0.15, 0.2) is 0 Å². The Hall–Kier alpha value is -1.81. The fourth-order valence-electron chi connectivity index (χ4n) is 4.58. The Morgan fingerprint density at radius 1 is 1.09 bits per heavy atom. The molecule has 0 bridgehead atoms. The van der Waals surface area contributed by atoms with E-state index < -0.39 is 0 Å². The fraction of sp³-hybridized carbons (Fsp3) is 0.526. The Bertz CT molecular complexity index is 750. The summed E-state index contributed by atoms with van der Waals surface area (Å²) < 4.78 is 2.06. The number of aryl methyl sites for hydroxylation is 1. The molecule has 1 aromatic heterocycles. The molecule has 3 heterocycles. The summed E-state index contributed by atoms with van der Waals surface area (Å²) >= 11 is 0. The summed E-state index contributed by atoms with van der Waals surface area (Å²) in [6, 6.07) is 8.18. The molecule has 0 aliphatic carbocycles. The molecule has 1 spiro atoms. The number of amides is 1. The molecule has 23 heavy (non-hydrogen) atoms. The second-order valence-corrected chi connectivity index (χ2v) is 7.49. The number of rotatable bonds is 1. The number of para-hydroxylation sites is 1. The van der Waals surface area contributed by atoms with E-state index >= 15 is 0 Å². The number of likely N-dealkylation sites (tertiary alicyclic amines) is 2. The van der Waals surface area contributed by atoms with Gasteiger partial charge in [-0.1, -0.05) is 18.2 Å². The van der Waals surface area contributed by atoms with Crippen LogP contribution in [0.5, 0.6) is 0 Å². The van der Waals surface area contributed by atoms with Crippen molar-refractivity contribution in [1.82, 2.24) is 14.4 Å². The summed E-state index contributed by atoms with van der Waals surface area (Å²) in [5, 5.41) is 1.07. The minimum absolute atomic E-state index is 0.201. The zero-order valence-corrected chi connectivity index (χ0v) is 14.1. The van der Waals surface area contributed by atoms with Gasteiger partial charge >= 0.3 is 0 Å². The third kappa shape index (κ3) is 2.45. The van der Waals surface area contributed by atoms with Gasteiger partial charge in [-0.15, -0.1) is 0 Å². The first kappa shape index (κ1) is 14.8. The molecule has 2 aliphatic rings. The first-order valence-electron chi connectivity index (χ1n) is 8.60. The van der Waals surface area contributed by atoms with Crippen LogP contribution in [-0.4, -0.2) is 53.5 Å². The maximum Gasteiger partial charge on any atom is 0.256 e. The lowest BCUT2D eigenvalue weighted by Crippen LogP contribution is -2.43. The normalized spacial score (nSPS) is 25.6. The molecule has 0 radical (unpaired) electrons. The first-order valence-corrected chi connectivity index (χ1v) is 8.60. The fourth-order valence-corrected chi connectivity index (χ4v) is 4.58. The van der Waals surface area contributed by atoms with E-state index in [1.165, 1.54) is 19.4 Å². The van der Waals surface area contributed by atoms with Gasteiger partial charge in [0.2, 0.25) is 0 Å². The quantitative estimate of drug-likeness (QED) is 0.810. The number of benzene rings is 1. The van der Waals surface area contributed by atoms with Crippen molar-refractivity contribution in [2.45, 2.75) is 19.3 Å². The third-order valence-electron chi connectivity index (χ3n) is 5.71. The predicted octanol–water partition coefficient (Wildman–Crippen LogP) is 2.74. The summed E-state index contributed by atoms with van der Waals surface area (Å²) in [6.07, 6.45) is 5.66. The largest absolute Gasteiger partial charge is 0.350 e. The van der Waals surface area contributed by atoms with Crippen molar-refractivity contribution in [3.8, 4) is 0 Å². The number of aromatic nitrogens is 1. The highest BCUT2D eigenvalue weighted by atomic mass is 16.2. The Morgan fingerprint density at radius 3 is 2.74 bits per heavy atom. The van der Waals surface area contributed by atoms with E-state index in [1.807, 2.05) is 25.4 Å². The summed E-state index contributed by atoms with van der Waals surface area (Å²) in [7, 11) is 4.22. The van der Waals surface area contributed by atoms with Gasteiger partial charge in [0.05, 0.1) is 5.56 Å². The van der Waals surface area contributed by atoms with E-state index in [4.69, 9.17) is 0 Å². The smallest absolute Gasteiger partial charge is 0.256 e. The lowest BCUT2D eigenvalue weighted by atomic mass is 9.79. The van der Waals surface area contributed by atoms with E-state index in [-0.39, 0.29) is 5.91 Å². The van der Waals surface area contributed by atoms with Crippen LogP contribution in [0.3, 0.4) is 0 Å². The maximum atomic E-state index is 13.1. The topological polar surface area (TPSA) is 28.5 Å². The van der Waals surface area contributed by atoms with Gasteiger partial charge < -0.3 is 14.4 Å². The van der Waals surface area contributed by atoms with Gasteiger partial charge in [-0.3, -0.25) is 4.79 Å². The molecular weight excluding hydrogens is 286 g/mol. The van der Waals surface area contributed by atoms with Crippen LogP contribution >= 0.6 is 0 Å². The van der Waals surface area contributed by atoms with Crippen LogP contribution < -0.4 is 0 Å². The Kier molecular flexibility index (Phi) is 3.45. The molecule has 2 fully saturated rings. The average molecular weight is 311 g/mol. The molecule has 4 heteroatoms. The van der Waals surface area contributed by atoms with Crippen LogP contribution in [0.2, 0.25) is 0 Å². The van der Waals surface area contributed by atoms with Crippen LogP contribution in [0.15, 0.2) is 30.5 Å². The number of carbonyl (C=O) groups is 1. The summed E-state index contributed by atoms with van der Waals surface area (Å²) in [5.41, 5.74) is 2.30. The minimum Gasteiger partial charge on any atom is -0.350 e. The number of nitrogens with zero attached hydrogens (tertiary/aromatic N) is 3. The van der Waals surface area contributed by atoms with Crippen LogP contribution in [-0.2, 0) is 7.05 Å². The van der Waals surface area contributed by atoms with Crippen molar-refractivity contribution in [1.29, 1.82) is 0 Å². The van der Waals surface area contributed by atoms with Crippen molar-refractivity contribution in [2.75, 3.05) is 33.2 Å². The molecule has 4 rings (SSSR count). The minimum atomic E-state index is 0.201. The molecule has 0 saturated carbocycles. The van der Waals surface area contributed by atoms with Gasteiger partial charge in [-0.2, -0.15) is 0 Å². The molecule has 1 unspecified atom stereocenters. The predicted molar refractivity (Wildman–Crippen MR) is 92.6 cm³/mol. The second kappa shape index (κ2) is 5.38. The van der Waals surface area contributed by atoms with E-state index in [0.29, 0.717) is 5.41 Å². The van der Waals surface area contributed by atoms with Gasteiger partial charge in [-0.25, -0.2) is 0 Å². The van der Waals surface area contributed by atoms with E-state index in [2.05, 4.69) is 33.5 Å². The van der Waals surface area contributed by atoms with Crippen molar-refractivity contribution >= 4 is 16.8 Å². The lowest BCUT2D eigenvalue weighted by molar-refractivity contribution is 0.0724. The first-order chi connectivity index (χ1) is 11.1. The highest BCUT2D eigenvalue weighted by molar-refractivity contribution is 6.07. The van der Waals surface area contributed by atoms with Gasteiger partial charge in [-0.05, 0) is 38.9 Å². The molecular formula is C19H25N3O. The molecule has 2 aromatic rings. The van der Waals surface area contributed by atoms with E-state index in [0.717, 1.165) is 42.5 Å². The standard InChI is InChI=1S/C19H25N3O/c1-20-10-5-8-19(13-20)9-11-22(14-19)18(23)16-12-21(2)17-7-4-3-6-15(16)17/h3-4,6-7,12H,5,8-11,13-14H2,1-2H3. The molecule has 1 amide bonds. The third-order valence-corrected chi connectivity index (χ3v) is 5.71. The van der Waals surface area contributed by atoms with Crippen molar-refractivity contribution < 1.29 is 4.79 Å². The molecule has 1 aromatic carbocycles. The highest BCUT2D eigenvalue weighted by Crippen LogP contribution is 2.39. The van der Waals surface area contributed by atoms with E-state index in [1.54, 1.807) is 0 Å². The number of fused-ring (bicyclic) bond motifs is 1. The van der Waals surface area contributed by atoms with Crippen molar-refractivity contribution in [3.63, 3.8) is 0 Å². The number of hydrogen-bond acceptors (Lipinski definition) is 2. The zero-order chi connectivity index (χ0) is 16.0. The van der Waals surface area contributed by atoms with Crippen LogP contribution in [0.25, 0.3) is 10.9 Å². The molecule has 4 nitrogen and oxygen atoms in total. The monoisotopic (exact) mass is 311 g/mol. The van der Waals surface area contributed by atoms with Crippen molar-refractivity contribution in [3.05, 3.63) is 36.0 Å². The number of piperidine rings is 1.